The number of nitrogens with zero attached hydrogens (tertiary/aromatic N) is 1. The second-order valence-electron chi connectivity index (χ2n) is 2.79. The van der Waals surface area contributed by atoms with Crippen LogP contribution in [0.1, 0.15) is 0 Å². The van der Waals surface area contributed by atoms with Crippen molar-refractivity contribution >= 4 is 17.3 Å². The summed E-state index contributed by atoms with van der Waals surface area (Å²) in [6, 6.07) is 9.32. The summed E-state index contributed by atoms with van der Waals surface area (Å²) in [6.07, 6.45) is 3.87. The van der Waals surface area contributed by atoms with Gasteiger partial charge in [0.2, 0.25) is 0 Å². The first-order valence-corrected chi connectivity index (χ1v) is 4.33. The molecule has 0 saturated carbocycles. The molecule has 2 aromatic rings. The van der Waals surface area contributed by atoms with E-state index in [-0.39, 0.29) is 0 Å². The van der Waals surface area contributed by atoms with Crippen LogP contribution < -0.4 is 5.73 Å². The van der Waals surface area contributed by atoms with Gasteiger partial charge in [-0.3, -0.25) is 0 Å². The predicted octanol–water partition coefficient (Wildman–Crippen LogP) is 2.71. The highest BCUT2D eigenvalue weighted by atomic mass is 35.5. The van der Waals surface area contributed by atoms with E-state index < -0.39 is 0 Å². The molecule has 0 bridgehead atoms. The van der Waals surface area contributed by atoms with Gasteiger partial charge < -0.3 is 10.3 Å². The molecule has 0 unspecified atom stereocenters. The summed E-state index contributed by atoms with van der Waals surface area (Å²) in [5.41, 5.74) is 7.44. The van der Waals surface area contributed by atoms with E-state index in [1.807, 2.05) is 35.2 Å². The molecule has 66 valence electrons. The first-order valence-electron chi connectivity index (χ1n) is 3.96. The maximum Gasteiger partial charge on any atom is 0.0695 e. The van der Waals surface area contributed by atoms with Gasteiger partial charge >= 0.3 is 0 Å². The number of rotatable bonds is 1. The summed E-state index contributed by atoms with van der Waals surface area (Å²) in [5, 5.41) is 0.693. The third kappa shape index (κ3) is 1.53. The van der Waals surface area contributed by atoms with Gasteiger partial charge in [0.25, 0.3) is 0 Å². The number of hydrogen-bond donors (Lipinski definition) is 1. The van der Waals surface area contributed by atoms with Crippen molar-refractivity contribution in [3.05, 3.63) is 47.7 Å². The van der Waals surface area contributed by atoms with Crippen LogP contribution in [-0.4, -0.2) is 4.57 Å². The Hall–Kier alpha value is -1.41. The lowest BCUT2D eigenvalue weighted by Gasteiger charge is -2.06. The highest BCUT2D eigenvalue weighted by Gasteiger charge is 2.00. The Balaban J connectivity index is 2.57. The topological polar surface area (TPSA) is 30.9 Å². The average molecular weight is 193 g/mol. The summed E-state index contributed by atoms with van der Waals surface area (Å²) >= 11 is 5.86. The maximum absolute atomic E-state index is 5.86. The molecule has 1 aromatic carbocycles. The lowest BCUT2D eigenvalue weighted by Crippen LogP contribution is -1.96. The van der Waals surface area contributed by atoms with Gasteiger partial charge in [0.1, 0.15) is 0 Å². The Labute approximate surface area is 81.6 Å². The summed E-state index contributed by atoms with van der Waals surface area (Å²) in [7, 11) is 0. The molecule has 2 N–H and O–H groups in total. The molecular weight excluding hydrogens is 184 g/mol. The van der Waals surface area contributed by atoms with Crippen molar-refractivity contribution in [2.24, 2.45) is 0 Å². The van der Waals surface area contributed by atoms with Crippen molar-refractivity contribution in [1.29, 1.82) is 0 Å². The van der Waals surface area contributed by atoms with Crippen molar-refractivity contribution in [2.45, 2.75) is 0 Å². The van der Waals surface area contributed by atoms with Crippen LogP contribution in [0.5, 0.6) is 0 Å². The van der Waals surface area contributed by atoms with Crippen LogP contribution >= 0.6 is 11.6 Å². The molecule has 1 aromatic heterocycles. The smallest absolute Gasteiger partial charge is 0.0695 e. The van der Waals surface area contributed by atoms with E-state index in [1.54, 1.807) is 12.1 Å². The molecule has 0 radical (unpaired) electrons. The molecule has 0 saturated heterocycles. The summed E-state index contributed by atoms with van der Waals surface area (Å²) in [5.74, 6) is 0. The molecule has 13 heavy (non-hydrogen) atoms. The summed E-state index contributed by atoms with van der Waals surface area (Å²) in [6.45, 7) is 0. The van der Waals surface area contributed by atoms with Crippen LogP contribution in [0, 0.1) is 0 Å². The highest BCUT2D eigenvalue weighted by Crippen LogP contribution is 2.21. The van der Waals surface area contributed by atoms with Crippen LogP contribution in [0.25, 0.3) is 5.69 Å². The van der Waals surface area contributed by atoms with Crippen molar-refractivity contribution < 1.29 is 0 Å². The SMILES string of the molecule is Nc1ccc(Cl)cc1-n1cccc1. The fraction of sp³-hybridized carbons (Fsp3) is 0. The fourth-order valence-electron chi connectivity index (χ4n) is 1.24. The number of aromatic nitrogens is 1. The lowest BCUT2D eigenvalue weighted by molar-refractivity contribution is 1.08. The van der Waals surface area contributed by atoms with E-state index in [2.05, 4.69) is 0 Å². The minimum atomic E-state index is 0.693. The Morgan fingerprint density at radius 2 is 1.85 bits per heavy atom. The quantitative estimate of drug-likeness (QED) is 0.692. The van der Waals surface area contributed by atoms with Crippen LogP contribution in [0.2, 0.25) is 5.02 Å². The highest BCUT2D eigenvalue weighted by molar-refractivity contribution is 6.30. The second-order valence-corrected chi connectivity index (χ2v) is 3.23. The molecule has 0 fully saturated rings. The molecule has 3 heteroatoms. The minimum Gasteiger partial charge on any atom is -0.397 e. The van der Waals surface area contributed by atoms with Crippen LogP contribution in [0.4, 0.5) is 5.69 Å². The average Bonchev–Trinajstić information content (AvgIpc) is 2.61. The standard InChI is InChI=1S/C10H9ClN2/c11-8-3-4-9(12)10(7-8)13-5-1-2-6-13/h1-7H,12H2. The zero-order chi connectivity index (χ0) is 9.26. The monoisotopic (exact) mass is 192 g/mol. The molecule has 0 aliphatic heterocycles. The van der Waals surface area contributed by atoms with E-state index in [0.29, 0.717) is 5.02 Å². The van der Waals surface area contributed by atoms with Gasteiger partial charge in [0.15, 0.2) is 0 Å². The van der Waals surface area contributed by atoms with Crippen LogP contribution in [0.15, 0.2) is 42.7 Å². The first kappa shape index (κ1) is 8.20. The van der Waals surface area contributed by atoms with E-state index in [4.69, 9.17) is 17.3 Å². The van der Waals surface area contributed by atoms with Gasteiger partial charge in [0, 0.05) is 17.4 Å². The molecule has 0 aliphatic rings. The Morgan fingerprint density at radius 3 is 2.54 bits per heavy atom. The van der Waals surface area contributed by atoms with E-state index in [9.17, 15) is 0 Å². The Kier molecular flexibility index (Phi) is 1.99. The van der Waals surface area contributed by atoms with Crippen LogP contribution in [-0.2, 0) is 0 Å². The number of nitrogens with two attached hydrogens (primary N) is 1. The third-order valence-electron chi connectivity index (χ3n) is 1.88. The number of hydrogen-bond acceptors (Lipinski definition) is 1. The molecule has 0 spiro atoms. The zero-order valence-corrected chi connectivity index (χ0v) is 7.70. The summed E-state index contributed by atoms with van der Waals surface area (Å²) < 4.78 is 1.93. The van der Waals surface area contributed by atoms with Gasteiger partial charge in [-0.15, -0.1) is 0 Å². The minimum absolute atomic E-state index is 0.693. The third-order valence-corrected chi connectivity index (χ3v) is 2.11. The van der Waals surface area contributed by atoms with E-state index in [1.165, 1.54) is 0 Å². The van der Waals surface area contributed by atoms with Crippen LogP contribution in [0.3, 0.4) is 0 Å². The summed E-state index contributed by atoms with van der Waals surface area (Å²) in [4.78, 5) is 0. The second kappa shape index (κ2) is 3.15. The van der Waals surface area contributed by atoms with Gasteiger partial charge in [0.05, 0.1) is 11.4 Å². The Morgan fingerprint density at radius 1 is 1.15 bits per heavy atom. The van der Waals surface area contributed by atoms with E-state index >= 15 is 0 Å². The number of anilines is 1. The number of nitrogen functional groups attached to an aromatic ring is 1. The van der Waals surface area contributed by atoms with Crippen molar-refractivity contribution in [2.75, 3.05) is 5.73 Å². The predicted molar refractivity (Wildman–Crippen MR) is 55.2 cm³/mol. The lowest BCUT2D eigenvalue weighted by atomic mass is 10.2. The van der Waals surface area contributed by atoms with Crippen molar-refractivity contribution in [1.82, 2.24) is 4.57 Å². The van der Waals surface area contributed by atoms with Crippen molar-refractivity contribution in [3.63, 3.8) is 0 Å². The molecule has 2 nitrogen and oxygen atoms in total. The van der Waals surface area contributed by atoms with Gasteiger partial charge in [-0.2, -0.15) is 0 Å². The van der Waals surface area contributed by atoms with Gasteiger partial charge in [-0.05, 0) is 30.3 Å². The molecule has 0 atom stereocenters. The Bertz CT molecular complexity index is 407. The number of halogens is 1. The molecular formula is C10H9ClN2. The first-order chi connectivity index (χ1) is 6.27. The van der Waals surface area contributed by atoms with Gasteiger partial charge in [-0.25, -0.2) is 0 Å². The molecule has 0 aliphatic carbocycles. The zero-order valence-electron chi connectivity index (χ0n) is 6.94. The number of benzene rings is 1. The maximum atomic E-state index is 5.86. The fourth-order valence-corrected chi connectivity index (χ4v) is 1.40. The molecule has 2 rings (SSSR count). The molecule has 1 heterocycles. The van der Waals surface area contributed by atoms with Gasteiger partial charge in [-0.1, -0.05) is 11.6 Å². The largest absolute Gasteiger partial charge is 0.397 e. The normalized spacial score (nSPS) is 10.2. The van der Waals surface area contributed by atoms with Crippen molar-refractivity contribution in [3.8, 4) is 5.69 Å². The molecule has 0 amide bonds. The van der Waals surface area contributed by atoms with E-state index in [0.717, 1.165) is 11.4 Å².